The van der Waals surface area contributed by atoms with Crippen molar-refractivity contribution < 1.29 is 28.2 Å². The van der Waals surface area contributed by atoms with Crippen LogP contribution in [-0.2, 0) is 27.8 Å². The van der Waals surface area contributed by atoms with Gasteiger partial charge < -0.3 is 25.3 Å². The SMILES string of the molecule is Cc1nc(CN2CCN([C@H](C(=O)N[C@@H](Cc3ccccc3)[C@H](O)CN(CC(C)C)S(=O)(=O)c3cc(Cl)c(O)c(Cl)c3)C(C)C)C2=O)cs1. The second-order valence-corrected chi connectivity index (χ2v) is 16.6. The van der Waals surface area contributed by atoms with Crippen molar-refractivity contribution in [3.05, 3.63) is 74.2 Å². The zero-order valence-corrected chi connectivity index (χ0v) is 30.8. The molecule has 3 aromatic rings. The molecule has 1 aromatic heterocycles. The molecule has 11 nitrogen and oxygen atoms in total. The van der Waals surface area contributed by atoms with E-state index in [-0.39, 0.29) is 52.3 Å². The van der Waals surface area contributed by atoms with Crippen molar-refractivity contribution in [3.63, 3.8) is 0 Å². The van der Waals surface area contributed by atoms with Crippen molar-refractivity contribution in [1.82, 2.24) is 24.4 Å². The van der Waals surface area contributed by atoms with E-state index in [9.17, 15) is 28.2 Å². The summed E-state index contributed by atoms with van der Waals surface area (Å²) in [6, 6.07) is 9.46. The lowest BCUT2D eigenvalue weighted by Crippen LogP contribution is -2.57. The predicted octanol–water partition coefficient (Wildman–Crippen LogP) is 5.16. The molecule has 2 heterocycles. The molecule has 3 N–H and O–H groups in total. The number of thiazole rings is 1. The van der Waals surface area contributed by atoms with E-state index in [1.165, 1.54) is 11.3 Å². The number of rotatable bonds is 15. The van der Waals surface area contributed by atoms with Gasteiger partial charge in [-0.15, -0.1) is 11.3 Å². The molecule has 1 fully saturated rings. The van der Waals surface area contributed by atoms with E-state index < -0.39 is 39.9 Å². The van der Waals surface area contributed by atoms with Crippen LogP contribution < -0.4 is 5.32 Å². The average Bonchev–Trinajstić information content (AvgIpc) is 3.59. The maximum absolute atomic E-state index is 14.0. The molecule has 2 aromatic carbocycles. The lowest BCUT2D eigenvalue weighted by atomic mass is 9.97. The summed E-state index contributed by atoms with van der Waals surface area (Å²) in [5, 5.41) is 27.1. The number of phenols is 1. The van der Waals surface area contributed by atoms with Crippen LogP contribution in [0.15, 0.2) is 52.7 Å². The summed E-state index contributed by atoms with van der Waals surface area (Å²) in [6.45, 7) is 10.1. The third kappa shape index (κ3) is 9.19. The molecule has 0 bridgehead atoms. The summed E-state index contributed by atoms with van der Waals surface area (Å²) in [5.74, 6) is -1.26. The summed E-state index contributed by atoms with van der Waals surface area (Å²) in [5.41, 5.74) is 1.61. The Hall–Kier alpha value is -2.94. The highest BCUT2D eigenvalue weighted by Crippen LogP contribution is 2.35. The van der Waals surface area contributed by atoms with Gasteiger partial charge in [0.15, 0.2) is 5.75 Å². The Morgan fingerprint density at radius 2 is 1.73 bits per heavy atom. The number of amides is 3. The molecule has 1 saturated heterocycles. The van der Waals surface area contributed by atoms with E-state index in [2.05, 4.69) is 10.3 Å². The van der Waals surface area contributed by atoms with E-state index in [0.717, 1.165) is 32.7 Å². The Labute approximate surface area is 296 Å². The second kappa shape index (κ2) is 16.2. The Balaban J connectivity index is 1.59. The molecule has 1 aliphatic heterocycles. The number of benzene rings is 2. The largest absolute Gasteiger partial charge is 0.505 e. The van der Waals surface area contributed by atoms with E-state index in [1.54, 1.807) is 9.80 Å². The minimum Gasteiger partial charge on any atom is -0.505 e. The highest BCUT2D eigenvalue weighted by Gasteiger charge is 2.40. The Morgan fingerprint density at radius 1 is 1.08 bits per heavy atom. The number of hydrogen-bond donors (Lipinski definition) is 3. The number of nitrogens with zero attached hydrogens (tertiary/aromatic N) is 4. The van der Waals surface area contributed by atoms with Gasteiger partial charge in [-0.3, -0.25) is 4.79 Å². The first-order chi connectivity index (χ1) is 22.6. The molecule has 0 saturated carbocycles. The molecule has 0 unspecified atom stereocenters. The van der Waals surface area contributed by atoms with E-state index in [1.807, 2.05) is 70.3 Å². The van der Waals surface area contributed by atoms with Gasteiger partial charge in [-0.1, -0.05) is 81.2 Å². The van der Waals surface area contributed by atoms with Gasteiger partial charge in [0, 0.05) is 31.6 Å². The predicted molar refractivity (Wildman–Crippen MR) is 188 cm³/mol. The molecule has 4 rings (SSSR count). The van der Waals surface area contributed by atoms with Gasteiger partial charge >= 0.3 is 6.03 Å². The first-order valence-corrected chi connectivity index (χ1v) is 18.8. The maximum atomic E-state index is 14.0. The first-order valence-electron chi connectivity index (χ1n) is 15.8. The number of carbonyl (C=O) groups excluding carboxylic acids is 2. The molecular weight excluding hydrogens is 697 g/mol. The Bertz CT molecular complexity index is 1670. The van der Waals surface area contributed by atoms with Gasteiger partial charge in [0.25, 0.3) is 0 Å². The summed E-state index contributed by atoms with van der Waals surface area (Å²) in [4.78, 5) is 35.0. The van der Waals surface area contributed by atoms with Gasteiger partial charge in [0.05, 0.1) is 44.3 Å². The van der Waals surface area contributed by atoms with Crippen molar-refractivity contribution >= 4 is 56.5 Å². The van der Waals surface area contributed by atoms with Crippen LogP contribution in [0.25, 0.3) is 0 Å². The molecule has 0 aliphatic carbocycles. The number of aliphatic hydroxyl groups is 1. The van der Waals surface area contributed by atoms with E-state index in [0.29, 0.717) is 19.6 Å². The Kier molecular flexibility index (Phi) is 12.8. The molecule has 3 amide bonds. The Morgan fingerprint density at radius 3 is 2.29 bits per heavy atom. The minimum absolute atomic E-state index is 0.0484. The topological polar surface area (TPSA) is 143 Å². The van der Waals surface area contributed by atoms with Crippen molar-refractivity contribution in [1.29, 1.82) is 0 Å². The third-order valence-electron chi connectivity index (χ3n) is 8.06. The molecular formula is C33H43Cl2N5O6S2. The highest BCUT2D eigenvalue weighted by atomic mass is 35.5. The van der Waals surface area contributed by atoms with Crippen LogP contribution >= 0.6 is 34.5 Å². The molecule has 3 atom stereocenters. The van der Waals surface area contributed by atoms with Gasteiger partial charge in [-0.2, -0.15) is 4.31 Å². The highest BCUT2D eigenvalue weighted by molar-refractivity contribution is 7.89. The standard InChI is InChI=1S/C33H43Cl2N5O6S2/c1-20(2)16-39(48(45,46)25-14-26(34)31(42)27(35)15-25)18-29(41)28(13-23-9-7-6-8-10-23)37-32(43)30(21(3)4)40-12-11-38(33(40)44)17-24-19-47-22(5)36-24/h6-10,14-15,19-21,28-30,41-42H,11-13,16-18H2,1-5H3,(H,37,43)/t28-,29+,30-/m0/s1. The summed E-state index contributed by atoms with van der Waals surface area (Å²) in [7, 11) is -4.25. The number of hydrogen-bond acceptors (Lipinski definition) is 8. The molecule has 48 heavy (non-hydrogen) atoms. The van der Waals surface area contributed by atoms with Crippen LogP contribution in [0, 0.1) is 18.8 Å². The third-order valence-corrected chi connectivity index (χ3v) is 11.3. The second-order valence-electron chi connectivity index (χ2n) is 12.8. The number of nitrogens with one attached hydrogen (secondary N) is 1. The lowest BCUT2D eigenvalue weighted by molar-refractivity contribution is -0.128. The van der Waals surface area contributed by atoms with Gasteiger partial charge in [-0.25, -0.2) is 18.2 Å². The zero-order chi connectivity index (χ0) is 35.3. The van der Waals surface area contributed by atoms with Crippen LogP contribution in [0.3, 0.4) is 0 Å². The number of aromatic nitrogens is 1. The summed E-state index contributed by atoms with van der Waals surface area (Å²) < 4.78 is 28.9. The number of carbonyl (C=O) groups is 2. The monoisotopic (exact) mass is 739 g/mol. The molecule has 262 valence electrons. The zero-order valence-electron chi connectivity index (χ0n) is 27.6. The quantitative estimate of drug-likeness (QED) is 0.195. The van der Waals surface area contributed by atoms with E-state index >= 15 is 0 Å². The molecule has 0 spiro atoms. The first kappa shape index (κ1) is 37.9. The van der Waals surface area contributed by atoms with Gasteiger partial charge in [-0.05, 0) is 42.9 Å². The summed E-state index contributed by atoms with van der Waals surface area (Å²) >= 11 is 13.6. The number of aryl methyl sites for hydroxylation is 1. The number of halogens is 2. The lowest BCUT2D eigenvalue weighted by Gasteiger charge is -2.34. The molecule has 1 aliphatic rings. The van der Waals surface area contributed by atoms with Crippen molar-refractivity contribution in [2.24, 2.45) is 11.8 Å². The van der Waals surface area contributed by atoms with Crippen molar-refractivity contribution in [2.75, 3.05) is 26.2 Å². The minimum atomic E-state index is -4.25. The van der Waals surface area contributed by atoms with Crippen LogP contribution in [-0.4, -0.2) is 94.0 Å². The van der Waals surface area contributed by atoms with Crippen LogP contribution in [0.2, 0.25) is 10.0 Å². The fraction of sp³-hybridized carbons (Fsp3) is 0.485. The van der Waals surface area contributed by atoms with Gasteiger partial charge in [0.2, 0.25) is 15.9 Å². The smallest absolute Gasteiger partial charge is 0.321 e. The fourth-order valence-corrected chi connectivity index (χ4v) is 8.66. The summed E-state index contributed by atoms with van der Waals surface area (Å²) in [6.07, 6.45) is -1.15. The fourth-order valence-electron chi connectivity index (χ4n) is 5.76. The van der Waals surface area contributed by atoms with E-state index in [4.69, 9.17) is 23.2 Å². The van der Waals surface area contributed by atoms with Crippen LogP contribution in [0.5, 0.6) is 5.75 Å². The number of aromatic hydroxyl groups is 1. The van der Waals surface area contributed by atoms with Crippen LogP contribution in [0.4, 0.5) is 4.79 Å². The number of phenolic OH excluding ortho intramolecular Hbond substituents is 1. The van der Waals surface area contributed by atoms with Crippen molar-refractivity contribution in [3.8, 4) is 5.75 Å². The average molecular weight is 741 g/mol. The van der Waals surface area contributed by atoms with Crippen LogP contribution in [0.1, 0.15) is 44.0 Å². The normalized spacial score (nSPS) is 15.9. The molecule has 0 radical (unpaired) electrons. The van der Waals surface area contributed by atoms with Crippen molar-refractivity contribution in [2.45, 2.75) is 70.7 Å². The number of aliphatic hydroxyl groups excluding tert-OH is 1. The van der Waals surface area contributed by atoms with Gasteiger partial charge in [0.1, 0.15) is 6.04 Å². The molecule has 15 heteroatoms. The maximum Gasteiger partial charge on any atom is 0.321 e. The number of urea groups is 1. The number of sulfonamides is 1.